The molecule has 0 aliphatic heterocycles. The van der Waals surface area contributed by atoms with Crippen LogP contribution in [0.15, 0.2) is 30.6 Å². The Morgan fingerprint density at radius 3 is 2.63 bits per heavy atom. The lowest BCUT2D eigenvalue weighted by Gasteiger charge is -2.19. The molecular weight excluding hydrogens is 291 g/mol. The second-order valence-electron chi connectivity index (χ2n) is 3.69. The van der Waals surface area contributed by atoms with Crippen LogP contribution in [0.5, 0.6) is 0 Å². The van der Waals surface area contributed by atoms with E-state index >= 15 is 0 Å². The van der Waals surface area contributed by atoms with Crippen molar-refractivity contribution in [1.82, 2.24) is 15.0 Å². The molecule has 1 amide bonds. The smallest absolute Gasteiger partial charge is 0.405 e. The molecule has 2 aromatic rings. The Morgan fingerprint density at radius 2 is 2.11 bits per heavy atom. The molecule has 0 bridgehead atoms. The van der Waals surface area contributed by atoms with Crippen LogP contribution in [0.3, 0.4) is 0 Å². The highest BCUT2D eigenvalue weighted by Crippen LogP contribution is 2.33. The summed E-state index contributed by atoms with van der Waals surface area (Å²) in [5, 5.41) is 8.24. The number of amides is 1. The summed E-state index contributed by atoms with van der Waals surface area (Å²) in [6, 6.07) is 5.01. The normalized spacial score (nSPS) is 12.1. The molecule has 2 rings (SSSR count). The van der Waals surface area contributed by atoms with Gasteiger partial charge in [0.1, 0.15) is 0 Å². The molecule has 0 aliphatic carbocycles. The maximum atomic E-state index is 11.0. The van der Waals surface area contributed by atoms with E-state index in [1.165, 1.54) is 10.9 Å². The Morgan fingerprint density at radius 1 is 1.42 bits per heavy atom. The van der Waals surface area contributed by atoms with Crippen LogP contribution in [0.1, 0.15) is 11.7 Å². The SMILES string of the molecule is NC(=O)OC(Cn1ccnn1)c1c(Cl)cccc1Cl. The first-order valence-electron chi connectivity index (χ1n) is 5.32. The van der Waals surface area contributed by atoms with Crippen LogP contribution in [-0.2, 0) is 11.3 Å². The molecule has 1 unspecified atom stereocenters. The van der Waals surface area contributed by atoms with E-state index in [1.54, 1.807) is 24.4 Å². The van der Waals surface area contributed by atoms with Crippen molar-refractivity contribution in [3.63, 3.8) is 0 Å². The van der Waals surface area contributed by atoms with Gasteiger partial charge in [0.25, 0.3) is 0 Å². The molecule has 8 heteroatoms. The molecule has 1 atom stereocenters. The van der Waals surface area contributed by atoms with E-state index in [-0.39, 0.29) is 6.54 Å². The molecule has 0 radical (unpaired) electrons. The molecule has 0 aliphatic rings. The predicted molar refractivity (Wildman–Crippen MR) is 69.9 cm³/mol. The number of hydrogen-bond donors (Lipinski definition) is 1. The molecular formula is C11H10Cl2N4O2. The van der Waals surface area contributed by atoms with Crippen LogP contribution in [-0.4, -0.2) is 21.1 Å². The highest BCUT2D eigenvalue weighted by molar-refractivity contribution is 6.36. The zero-order valence-electron chi connectivity index (χ0n) is 9.66. The Kier molecular flexibility index (Phi) is 4.24. The third kappa shape index (κ3) is 3.36. The summed E-state index contributed by atoms with van der Waals surface area (Å²) < 4.78 is 6.55. The minimum Gasteiger partial charge on any atom is -0.439 e. The largest absolute Gasteiger partial charge is 0.439 e. The van der Waals surface area contributed by atoms with E-state index in [0.29, 0.717) is 15.6 Å². The summed E-state index contributed by atoms with van der Waals surface area (Å²) in [5.41, 5.74) is 5.55. The minimum atomic E-state index is -0.916. The lowest BCUT2D eigenvalue weighted by molar-refractivity contribution is 0.0931. The van der Waals surface area contributed by atoms with Gasteiger partial charge in [0.05, 0.1) is 12.7 Å². The van der Waals surface area contributed by atoms with Gasteiger partial charge in [0.15, 0.2) is 6.10 Å². The number of benzene rings is 1. The third-order valence-corrected chi connectivity index (χ3v) is 3.06. The van der Waals surface area contributed by atoms with Crippen molar-refractivity contribution in [3.05, 3.63) is 46.2 Å². The van der Waals surface area contributed by atoms with E-state index in [2.05, 4.69) is 10.3 Å². The highest BCUT2D eigenvalue weighted by atomic mass is 35.5. The fourth-order valence-electron chi connectivity index (χ4n) is 1.65. The van der Waals surface area contributed by atoms with Crippen LogP contribution >= 0.6 is 23.2 Å². The van der Waals surface area contributed by atoms with Crippen molar-refractivity contribution >= 4 is 29.3 Å². The van der Waals surface area contributed by atoms with Crippen molar-refractivity contribution in [2.24, 2.45) is 5.73 Å². The maximum Gasteiger partial charge on any atom is 0.405 e. The number of carbonyl (C=O) groups excluding carboxylic acids is 1. The molecule has 1 aromatic heterocycles. The average molecular weight is 301 g/mol. The molecule has 6 nitrogen and oxygen atoms in total. The Balaban J connectivity index is 2.34. The fraction of sp³-hybridized carbons (Fsp3) is 0.182. The second-order valence-corrected chi connectivity index (χ2v) is 4.50. The Labute approximate surface area is 119 Å². The minimum absolute atomic E-state index is 0.215. The standard InChI is InChI=1S/C11H10Cl2N4O2/c12-7-2-1-3-8(13)10(7)9(19-11(14)18)6-17-5-4-15-16-17/h1-5,9H,6H2,(H2,14,18). The fourth-order valence-corrected chi connectivity index (χ4v) is 2.29. The Bertz CT molecular complexity index is 554. The molecule has 2 N–H and O–H groups in total. The van der Waals surface area contributed by atoms with Gasteiger partial charge in [-0.25, -0.2) is 9.48 Å². The monoisotopic (exact) mass is 300 g/mol. The van der Waals surface area contributed by atoms with Crippen LogP contribution in [0, 0.1) is 0 Å². The number of nitrogens with two attached hydrogens (primary N) is 1. The van der Waals surface area contributed by atoms with Gasteiger partial charge in [-0.05, 0) is 12.1 Å². The van der Waals surface area contributed by atoms with E-state index in [4.69, 9.17) is 33.7 Å². The number of carbonyl (C=O) groups is 1. The van der Waals surface area contributed by atoms with Gasteiger partial charge in [-0.1, -0.05) is 34.5 Å². The van der Waals surface area contributed by atoms with Gasteiger partial charge in [0, 0.05) is 21.8 Å². The second kappa shape index (κ2) is 5.90. The van der Waals surface area contributed by atoms with Gasteiger partial charge in [-0.2, -0.15) is 0 Å². The van der Waals surface area contributed by atoms with Crippen LogP contribution in [0.2, 0.25) is 10.0 Å². The molecule has 0 saturated heterocycles. The molecule has 1 aromatic carbocycles. The summed E-state index contributed by atoms with van der Waals surface area (Å²) in [6.45, 7) is 0.215. The number of hydrogen-bond acceptors (Lipinski definition) is 4. The predicted octanol–water partition coefficient (Wildman–Crippen LogP) is 2.42. The van der Waals surface area contributed by atoms with E-state index in [0.717, 1.165) is 0 Å². The first-order valence-corrected chi connectivity index (χ1v) is 6.07. The topological polar surface area (TPSA) is 83.0 Å². The number of halogens is 2. The van der Waals surface area contributed by atoms with E-state index in [1.807, 2.05) is 0 Å². The molecule has 1 heterocycles. The van der Waals surface area contributed by atoms with Crippen molar-refractivity contribution < 1.29 is 9.53 Å². The first-order chi connectivity index (χ1) is 9.08. The molecule has 0 spiro atoms. The van der Waals surface area contributed by atoms with Crippen LogP contribution in [0.25, 0.3) is 0 Å². The maximum absolute atomic E-state index is 11.0. The van der Waals surface area contributed by atoms with Gasteiger partial charge in [0.2, 0.25) is 0 Å². The number of nitrogens with zero attached hydrogens (tertiary/aromatic N) is 3. The van der Waals surface area contributed by atoms with Crippen molar-refractivity contribution in [1.29, 1.82) is 0 Å². The van der Waals surface area contributed by atoms with Gasteiger partial charge < -0.3 is 10.5 Å². The van der Waals surface area contributed by atoms with Crippen LogP contribution in [0.4, 0.5) is 4.79 Å². The molecule has 19 heavy (non-hydrogen) atoms. The van der Waals surface area contributed by atoms with Crippen LogP contribution < -0.4 is 5.73 Å². The summed E-state index contributed by atoms with van der Waals surface area (Å²) in [5.74, 6) is 0. The lowest BCUT2D eigenvalue weighted by Crippen LogP contribution is -2.22. The Hall–Kier alpha value is -1.79. The molecule has 0 saturated carbocycles. The summed E-state index contributed by atoms with van der Waals surface area (Å²) in [6.07, 6.45) is 1.49. The summed E-state index contributed by atoms with van der Waals surface area (Å²) in [7, 11) is 0. The zero-order valence-corrected chi connectivity index (χ0v) is 11.2. The van der Waals surface area contributed by atoms with Gasteiger partial charge >= 0.3 is 6.09 Å². The van der Waals surface area contributed by atoms with Crippen molar-refractivity contribution in [2.45, 2.75) is 12.6 Å². The number of primary amides is 1. The molecule has 100 valence electrons. The van der Waals surface area contributed by atoms with E-state index in [9.17, 15) is 4.79 Å². The number of rotatable bonds is 4. The number of ether oxygens (including phenoxy) is 1. The van der Waals surface area contributed by atoms with Crippen molar-refractivity contribution in [2.75, 3.05) is 0 Å². The third-order valence-electron chi connectivity index (χ3n) is 2.40. The van der Waals surface area contributed by atoms with Gasteiger partial charge in [-0.3, -0.25) is 0 Å². The summed E-state index contributed by atoms with van der Waals surface area (Å²) >= 11 is 12.2. The van der Waals surface area contributed by atoms with Gasteiger partial charge in [-0.15, -0.1) is 5.10 Å². The van der Waals surface area contributed by atoms with Crippen molar-refractivity contribution in [3.8, 4) is 0 Å². The lowest BCUT2D eigenvalue weighted by atomic mass is 10.1. The quantitative estimate of drug-likeness (QED) is 0.940. The molecule has 0 fully saturated rings. The summed E-state index contributed by atoms with van der Waals surface area (Å²) in [4.78, 5) is 11.0. The highest BCUT2D eigenvalue weighted by Gasteiger charge is 2.22. The number of aromatic nitrogens is 3. The first kappa shape index (κ1) is 13.6. The average Bonchev–Trinajstić information content (AvgIpc) is 2.80. The van der Waals surface area contributed by atoms with E-state index < -0.39 is 12.2 Å². The zero-order chi connectivity index (χ0) is 13.8.